The first kappa shape index (κ1) is 12.6. The number of unbranched alkanes of at least 4 members (excludes halogenated alkanes) is 4. The van der Waals surface area contributed by atoms with E-state index in [2.05, 4.69) is 26.0 Å². The summed E-state index contributed by atoms with van der Waals surface area (Å²) in [5.41, 5.74) is 2.79. The van der Waals surface area contributed by atoms with E-state index < -0.39 is 0 Å². The highest BCUT2D eigenvalue weighted by atomic mass is 35.5. The number of hydrogen-bond donors (Lipinski definition) is 0. The Morgan fingerprint density at radius 2 is 1.80 bits per heavy atom. The average Bonchev–Trinajstić information content (AvgIpc) is 2.23. The van der Waals surface area contributed by atoms with E-state index in [0.29, 0.717) is 0 Å². The van der Waals surface area contributed by atoms with Gasteiger partial charge in [0.05, 0.1) is 0 Å². The van der Waals surface area contributed by atoms with Gasteiger partial charge in [-0.3, -0.25) is 0 Å². The first-order valence-electron chi connectivity index (χ1n) is 5.99. The van der Waals surface area contributed by atoms with Gasteiger partial charge in [-0.1, -0.05) is 50.3 Å². The molecule has 0 bridgehead atoms. The van der Waals surface area contributed by atoms with Gasteiger partial charge < -0.3 is 0 Å². The second-order valence-corrected chi connectivity index (χ2v) is 4.67. The number of halogens is 1. The molecule has 0 aliphatic rings. The lowest BCUT2D eigenvalue weighted by molar-refractivity contribution is 0.631. The Labute approximate surface area is 98.7 Å². The molecule has 0 radical (unpaired) electrons. The summed E-state index contributed by atoms with van der Waals surface area (Å²) in [7, 11) is 0. The van der Waals surface area contributed by atoms with Crippen molar-refractivity contribution in [2.24, 2.45) is 0 Å². The molecule has 0 aliphatic heterocycles. The minimum Gasteiger partial charge on any atom is -0.0843 e. The summed E-state index contributed by atoms with van der Waals surface area (Å²) in [5.74, 6) is 0. The summed E-state index contributed by atoms with van der Waals surface area (Å²) in [5, 5.41) is 0.865. The van der Waals surface area contributed by atoms with Crippen molar-refractivity contribution in [1.82, 2.24) is 0 Å². The Bertz CT molecular complexity index is 291. The van der Waals surface area contributed by atoms with Gasteiger partial charge in [0.15, 0.2) is 0 Å². The van der Waals surface area contributed by atoms with Crippen molar-refractivity contribution in [3.8, 4) is 0 Å². The van der Waals surface area contributed by atoms with Crippen LogP contribution in [0.5, 0.6) is 0 Å². The average molecular weight is 225 g/mol. The third kappa shape index (κ3) is 4.70. The van der Waals surface area contributed by atoms with Gasteiger partial charge in [-0.05, 0) is 43.0 Å². The largest absolute Gasteiger partial charge is 0.0843 e. The molecule has 0 N–H and O–H groups in total. The third-order valence-corrected chi connectivity index (χ3v) is 3.10. The highest BCUT2D eigenvalue weighted by Gasteiger charge is 1.99. The summed E-state index contributed by atoms with van der Waals surface area (Å²) in [4.78, 5) is 0. The van der Waals surface area contributed by atoms with Crippen LogP contribution >= 0.6 is 11.6 Å². The highest BCUT2D eigenvalue weighted by Crippen LogP contribution is 2.18. The Morgan fingerprint density at radius 3 is 2.53 bits per heavy atom. The van der Waals surface area contributed by atoms with Gasteiger partial charge in [0.1, 0.15) is 0 Å². The fourth-order valence-electron chi connectivity index (χ4n) is 1.83. The zero-order chi connectivity index (χ0) is 11.1. The summed E-state index contributed by atoms with van der Waals surface area (Å²) < 4.78 is 0. The molecule has 0 amide bonds. The van der Waals surface area contributed by atoms with Crippen molar-refractivity contribution in [3.63, 3.8) is 0 Å². The van der Waals surface area contributed by atoms with Crippen LogP contribution in [0.15, 0.2) is 18.2 Å². The van der Waals surface area contributed by atoms with Gasteiger partial charge in [-0.25, -0.2) is 0 Å². The van der Waals surface area contributed by atoms with Crippen molar-refractivity contribution in [2.75, 3.05) is 0 Å². The Morgan fingerprint density at radius 1 is 1.07 bits per heavy atom. The van der Waals surface area contributed by atoms with E-state index in [4.69, 9.17) is 11.6 Å². The van der Waals surface area contributed by atoms with Gasteiger partial charge in [0.2, 0.25) is 0 Å². The molecule has 15 heavy (non-hydrogen) atoms. The summed E-state index contributed by atoms with van der Waals surface area (Å²) in [6.45, 7) is 4.42. The molecule has 0 aromatic heterocycles. The number of hydrogen-bond acceptors (Lipinski definition) is 0. The van der Waals surface area contributed by atoms with Crippen molar-refractivity contribution in [2.45, 2.75) is 52.4 Å². The van der Waals surface area contributed by atoms with Gasteiger partial charge in [-0.15, -0.1) is 0 Å². The summed E-state index contributed by atoms with van der Waals surface area (Å²) >= 11 is 5.98. The molecule has 0 unspecified atom stereocenters. The van der Waals surface area contributed by atoms with E-state index in [9.17, 15) is 0 Å². The van der Waals surface area contributed by atoms with Gasteiger partial charge in [0, 0.05) is 5.02 Å². The predicted molar refractivity (Wildman–Crippen MR) is 68.7 cm³/mol. The molecule has 0 spiro atoms. The standard InChI is InChI=1S/C14H21Cl/c1-3-4-5-6-7-8-13-11-14(15)10-9-12(13)2/h9-11H,3-8H2,1-2H3. The second kappa shape index (κ2) is 6.90. The van der Waals surface area contributed by atoms with E-state index >= 15 is 0 Å². The molecular weight excluding hydrogens is 204 g/mol. The number of rotatable bonds is 6. The molecule has 0 fully saturated rings. The first-order chi connectivity index (χ1) is 7.24. The predicted octanol–water partition coefficient (Wildman–Crippen LogP) is 5.16. The molecule has 1 rings (SSSR count). The fraction of sp³-hybridized carbons (Fsp3) is 0.571. The van der Waals surface area contributed by atoms with E-state index in [-0.39, 0.29) is 0 Å². The lowest BCUT2D eigenvalue weighted by atomic mass is 10.0. The lowest BCUT2D eigenvalue weighted by Crippen LogP contribution is -1.90. The number of benzene rings is 1. The van der Waals surface area contributed by atoms with Crippen molar-refractivity contribution < 1.29 is 0 Å². The maximum atomic E-state index is 5.98. The van der Waals surface area contributed by atoms with Crippen LogP contribution in [-0.4, -0.2) is 0 Å². The van der Waals surface area contributed by atoms with Crippen LogP contribution in [0.3, 0.4) is 0 Å². The molecule has 84 valence electrons. The van der Waals surface area contributed by atoms with Crippen LogP contribution in [-0.2, 0) is 6.42 Å². The van der Waals surface area contributed by atoms with Crippen molar-refractivity contribution in [3.05, 3.63) is 34.3 Å². The van der Waals surface area contributed by atoms with E-state index in [1.807, 2.05) is 6.07 Å². The topological polar surface area (TPSA) is 0 Å². The smallest absolute Gasteiger partial charge is 0.0408 e. The maximum absolute atomic E-state index is 5.98. The van der Waals surface area contributed by atoms with Gasteiger partial charge in [0.25, 0.3) is 0 Å². The van der Waals surface area contributed by atoms with Crippen LogP contribution in [0.4, 0.5) is 0 Å². The third-order valence-electron chi connectivity index (χ3n) is 2.86. The Balaban J connectivity index is 2.33. The highest BCUT2D eigenvalue weighted by molar-refractivity contribution is 6.30. The normalized spacial score (nSPS) is 10.6. The van der Waals surface area contributed by atoms with Crippen LogP contribution < -0.4 is 0 Å². The monoisotopic (exact) mass is 224 g/mol. The Kier molecular flexibility index (Phi) is 5.78. The zero-order valence-electron chi connectivity index (χ0n) is 9.85. The van der Waals surface area contributed by atoms with Crippen LogP contribution in [0.2, 0.25) is 5.02 Å². The lowest BCUT2D eigenvalue weighted by Gasteiger charge is -2.06. The van der Waals surface area contributed by atoms with Crippen molar-refractivity contribution in [1.29, 1.82) is 0 Å². The SMILES string of the molecule is CCCCCCCc1cc(Cl)ccc1C. The van der Waals surface area contributed by atoms with Gasteiger partial charge >= 0.3 is 0 Å². The molecule has 0 saturated carbocycles. The minimum atomic E-state index is 0.865. The maximum Gasteiger partial charge on any atom is 0.0408 e. The Hall–Kier alpha value is -0.490. The zero-order valence-corrected chi connectivity index (χ0v) is 10.6. The van der Waals surface area contributed by atoms with E-state index in [0.717, 1.165) is 5.02 Å². The van der Waals surface area contributed by atoms with Crippen LogP contribution in [0.25, 0.3) is 0 Å². The van der Waals surface area contributed by atoms with E-state index in [1.165, 1.54) is 49.7 Å². The molecule has 0 heterocycles. The molecule has 0 aliphatic carbocycles. The second-order valence-electron chi connectivity index (χ2n) is 4.24. The fourth-order valence-corrected chi connectivity index (χ4v) is 2.02. The van der Waals surface area contributed by atoms with Crippen LogP contribution in [0, 0.1) is 6.92 Å². The molecule has 1 aromatic carbocycles. The number of aryl methyl sites for hydroxylation is 2. The molecule has 0 atom stereocenters. The minimum absolute atomic E-state index is 0.865. The quantitative estimate of drug-likeness (QED) is 0.586. The first-order valence-corrected chi connectivity index (χ1v) is 6.37. The van der Waals surface area contributed by atoms with E-state index in [1.54, 1.807) is 0 Å². The summed E-state index contributed by atoms with van der Waals surface area (Å²) in [6, 6.07) is 6.19. The molecule has 0 nitrogen and oxygen atoms in total. The molecular formula is C14H21Cl. The molecule has 1 aromatic rings. The van der Waals surface area contributed by atoms with Crippen LogP contribution in [0.1, 0.15) is 50.2 Å². The molecule has 0 saturated heterocycles. The molecule has 1 heteroatoms. The van der Waals surface area contributed by atoms with Crippen molar-refractivity contribution >= 4 is 11.6 Å². The summed E-state index contributed by atoms with van der Waals surface area (Å²) in [6.07, 6.45) is 7.87. The van der Waals surface area contributed by atoms with Gasteiger partial charge in [-0.2, -0.15) is 0 Å².